The summed E-state index contributed by atoms with van der Waals surface area (Å²) in [5.41, 5.74) is 7.98. The third kappa shape index (κ3) is 3.69. The highest BCUT2D eigenvalue weighted by molar-refractivity contribution is 5.92. The Morgan fingerprint density at radius 2 is 2.05 bits per heavy atom. The third-order valence-corrected chi connectivity index (χ3v) is 3.53. The van der Waals surface area contributed by atoms with E-state index in [1.54, 1.807) is 12.1 Å². The van der Waals surface area contributed by atoms with Crippen LogP contribution in [0.3, 0.4) is 0 Å². The Morgan fingerprint density at radius 3 is 2.70 bits per heavy atom. The first-order valence-corrected chi connectivity index (χ1v) is 6.70. The molecule has 2 rings (SSSR count). The number of hydrogen-bond acceptors (Lipinski definition) is 5. The second kappa shape index (κ2) is 6.21. The number of anilines is 2. The van der Waals surface area contributed by atoms with Crippen molar-refractivity contribution in [1.82, 2.24) is 4.90 Å². The Bertz CT molecular complexity index is 483. The molecule has 0 spiro atoms. The highest BCUT2D eigenvalue weighted by Crippen LogP contribution is 2.18. The van der Waals surface area contributed by atoms with Gasteiger partial charge in [-0.1, -0.05) is 6.07 Å². The van der Waals surface area contributed by atoms with Crippen LogP contribution < -0.4 is 11.1 Å². The number of nitrogens with one attached hydrogen (secondary N) is 1. The quantitative estimate of drug-likeness (QED) is 0.579. The second-order valence-electron chi connectivity index (χ2n) is 5.27. The number of carbonyl (C=O) groups excluding carboxylic acids is 1. The van der Waals surface area contributed by atoms with Crippen molar-refractivity contribution in [3.63, 3.8) is 0 Å². The molecule has 2 atom stereocenters. The van der Waals surface area contributed by atoms with Gasteiger partial charge in [0.05, 0.1) is 12.2 Å². The number of aliphatic hydroxyl groups excluding tert-OH is 2. The highest BCUT2D eigenvalue weighted by Gasteiger charge is 2.29. The molecule has 1 aromatic carbocycles. The molecular weight excluding hydrogens is 258 g/mol. The summed E-state index contributed by atoms with van der Waals surface area (Å²) in [6, 6.07) is 5.38. The number of hydrogen-bond donors (Lipinski definition) is 4. The number of nitrogens with zero attached hydrogens (tertiary/aromatic N) is 1. The van der Waals surface area contributed by atoms with Crippen molar-refractivity contribution in [2.75, 3.05) is 30.7 Å². The zero-order chi connectivity index (χ0) is 14.7. The second-order valence-corrected chi connectivity index (χ2v) is 5.27. The molecule has 1 fully saturated rings. The van der Waals surface area contributed by atoms with E-state index in [1.807, 2.05) is 17.9 Å². The molecule has 1 amide bonds. The molecule has 0 aliphatic carbocycles. The van der Waals surface area contributed by atoms with Crippen molar-refractivity contribution in [2.24, 2.45) is 0 Å². The third-order valence-electron chi connectivity index (χ3n) is 3.53. The number of nitrogens with two attached hydrogens (primary N) is 1. The number of aryl methyl sites for hydroxylation is 1. The largest absolute Gasteiger partial charge is 0.399 e. The van der Waals surface area contributed by atoms with E-state index in [0.29, 0.717) is 31.7 Å². The smallest absolute Gasteiger partial charge is 0.225 e. The van der Waals surface area contributed by atoms with Crippen LogP contribution in [0, 0.1) is 6.92 Å². The molecule has 1 aliphatic rings. The summed E-state index contributed by atoms with van der Waals surface area (Å²) < 4.78 is 0. The minimum absolute atomic E-state index is 0.102. The zero-order valence-electron chi connectivity index (χ0n) is 11.5. The van der Waals surface area contributed by atoms with Gasteiger partial charge in [0.1, 0.15) is 0 Å². The molecular formula is C14H21N3O3. The van der Waals surface area contributed by atoms with E-state index >= 15 is 0 Å². The average Bonchev–Trinajstić information content (AvgIpc) is 2.71. The van der Waals surface area contributed by atoms with Crippen molar-refractivity contribution in [1.29, 1.82) is 0 Å². The maximum absolute atomic E-state index is 11.9. The van der Waals surface area contributed by atoms with Gasteiger partial charge in [-0.15, -0.1) is 0 Å². The van der Waals surface area contributed by atoms with Crippen molar-refractivity contribution in [3.05, 3.63) is 23.8 Å². The van der Waals surface area contributed by atoms with Crippen LogP contribution in [0.5, 0.6) is 0 Å². The number of nitrogen functional groups attached to an aromatic ring is 1. The fourth-order valence-electron chi connectivity index (χ4n) is 2.28. The van der Waals surface area contributed by atoms with Crippen molar-refractivity contribution in [2.45, 2.75) is 25.6 Å². The minimum atomic E-state index is -0.714. The number of carbonyl (C=O) groups is 1. The summed E-state index contributed by atoms with van der Waals surface area (Å²) in [6.07, 6.45) is -1.11. The Labute approximate surface area is 118 Å². The van der Waals surface area contributed by atoms with E-state index in [2.05, 4.69) is 5.32 Å². The first-order valence-electron chi connectivity index (χ1n) is 6.70. The van der Waals surface area contributed by atoms with E-state index in [4.69, 9.17) is 5.73 Å². The summed E-state index contributed by atoms with van der Waals surface area (Å²) in [5.74, 6) is -0.102. The van der Waals surface area contributed by atoms with Gasteiger partial charge in [0.15, 0.2) is 0 Å². The monoisotopic (exact) mass is 279 g/mol. The molecule has 6 nitrogen and oxygen atoms in total. The molecule has 110 valence electrons. The molecule has 0 saturated carbocycles. The lowest BCUT2D eigenvalue weighted by molar-refractivity contribution is -0.116. The normalized spacial score (nSPS) is 22.9. The van der Waals surface area contributed by atoms with Crippen LogP contribution in [-0.4, -0.2) is 52.9 Å². The molecule has 1 saturated heterocycles. The number of benzene rings is 1. The summed E-state index contributed by atoms with van der Waals surface area (Å²) in [7, 11) is 0. The standard InChI is InChI=1S/C14H21N3O3/c1-9-2-3-10(15)6-11(9)16-14(20)4-5-17-7-12(18)13(19)8-17/h2-3,6,12-13,18-19H,4-5,7-8,15H2,1H3,(H,16,20). The maximum atomic E-state index is 11.9. The van der Waals surface area contributed by atoms with Gasteiger partial charge in [-0.3, -0.25) is 9.69 Å². The number of amides is 1. The number of aliphatic hydroxyl groups is 2. The predicted octanol–water partition coefficient (Wildman–Crippen LogP) is -0.0568. The van der Waals surface area contributed by atoms with E-state index in [1.165, 1.54) is 0 Å². The molecule has 5 N–H and O–H groups in total. The summed E-state index contributed by atoms with van der Waals surface area (Å²) in [4.78, 5) is 13.8. The molecule has 20 heavy (non-hydrogen) atoms. The molecule has 1 aliphatic heterocycles. The summed E-state index contributed by atoms with van der Waals surface area (Å²) in [5, 5.41) is 21.7. The molecule has 0 bridgehead atoms. The van der Waals surface area contributed by atoms with Crippen molar-refractivity contribution < 1.29 is 15.0 Å². The van der Waals surface area contributed by atoms with E-state index in [0.717, 1.165) is 11.3 Å². The fourth-order valence-corrected chi connectivity index (χ4v) is 2.28. The van der Waals surface area contributed by atoms with Crippen molar-refractivity contribution in [3.8, 4) is 0 Å². The van der Waals surface area contributed by atoms with Crippen LogP contribution in [0.25, 0.3) is 0 Å². The Hall–Kier alpha value is -1.63. The predicted molar refractivity (Wildman–Crippen MR) is 77.3 cm³/mol. The first kappa shape index (κ1) is 14.8. The van der Waals surface area contributed by atoms with E-state index in [9.17, 15) is 15.0 Å². The number of likely N-dealkylation sites (tertiary alicyclic amines) is 1. The van der Waals surface area contributed by atoms with Gasteiger partial charge in [-0.05, 0) is 24.6 Å². The lowest BCUT2D eigenvalue weighted by Crippen LogP contribution is -2.27. The van der Waals surface area contributed by atoms with Gasteiger partial charge in [-0.25, -0.2) is 0 Å². The maximum Gasteiger partial charge on any atom is 0.225 e. The summed E-state index contributed by atoms with van der Waals surface area (Å²) >= 11 is 0. The van der Waals surface area contributed by atoms with Gasteiger partial charge in [0.2, 0.25) is 5.91 Å². The van der Waals surface area contributed by atoms with Crippen LogP contribution in [0.1, 0.15) is 12.0 Å². The molecule has 1 aromatic rings. The van der Waals surface area contributed by atoms with Gasteiger partial charge < -0.3 is 21.3 Å². The van der Waals surface area contributed by atoms with E-state index < -0.39 is 12.2 Å². The van der Waals surface area contributed by atoms with Crippen LogP contribution >= 0.6 is 0 Å². The molecule has 0 radical (unpaired) electrons. The molecule has 6 heteroatoms. The molecule has 0 aromatic heterocycles. The molecule has 1 heterocycles. The average molecular weight is 279 g/mol. The zero-order valence-corrected chi connectivity index (χ0v) is 11.5. The van der Waals surface area contributed by atoms with Crippen LogP contribution in [-0.2, 0) is 4.79 Å². The number of β-amino-alcohol motifs (C(OH)–C–C–N with tert-alkyl or cyclic N) is 2. The highest BCUT2D eigenvalue weighted by atomic mass is 16.3. The van der Waals surface area contributed by atoms with E-state index in [-0.39, 0.29) is 5.91 Å². The van der Waals surface area contributed by atoms with Crippen molar-refractivity contribution >= 4 is 17.3 Å². The Kier molecular flexibility index (Phi) is 4.59. The Balaban J connectivity index is 1.82. The fraction of sp³-hybridized carbons (Fsp3) is 0.500. The van der Waals surface area contributed by atoms with Crippen LogP contribution in [0.15, 0.2) is 18.2 Å². The molecule has 2 unspecified atom stereocenters. The lowest BCUT2D eigenvalue weighted by Gasteiger charge is -2.15. The first-order chi connectivity index (χ1) is 9.45. The van der Waals surface area contributed by atoms with Gasteiger partial charge in [0, 0.05) is 37.4 Å². The topological polar surface area (TPSA) is 98.8 Å². The summed E-state index contributed by atoms with van der Waals surface area (Å²) in [6.45, 7) is 3.24. The van der Waals surface area contributed by atoms with Crippen LogP contribution in [0.2, 0.25) is 0 Å². The lowest BCUT2D eigenvalue weighted by atomic mass is 10.2. The van der Waals surface area contributed by atoms with Gasteiger partial charge in [0.25, 0.3) is 0 Å². The Morgan fingerprint density at radius 1 is 1.40 bits per heavy atom. The number of rotatable bonds is 4. The SMILES string of the molecule is Cc1ccc(N)cc1NC(=O)CCN1CC(O)C(O)C1. The van der Waals surface area contributed by atoms with Gasteiger partial charge in [-0.2, -0.15) is 0 Å². The van der Waals surface area contributed by atoms with Crippen LogP contribution in [0.4, 0.5) is 11.4 Å². The minimum Gasteiger partial charge on any atom is -0.399 e. The van der Waals surface area contributed by atoms with Gasteiger partial charge >= 0.3 is 0 Å².